The summed E-state index contributed by atoms with van der Waals surface area (Å²) in [5, 5.41) is 91.3. The maximum Gasteiger partial charge on any atom is 0.217 e. The summed E-state index contributed by atoms with van der Waals surface area (Å²) >= 11 is 0.987. The van der Waals surface area contributed by atoms with E-state index in [4.69, 9.17) is 34.1 Å². The zero-order valence-electron chi connectivity index (χ0n) is 22.3. The van der Waals surface area contributed by atoms with Crippen molar-refractivity contribution in [3.05, 3.63) is 0 Å². The summed E-state index contributed by atoms with van der Waals surface area (Å²) in [5.74, 6) is -0.599. The zero-order chi connectivity index (χ0) is 30.1. The van der Waals surface area contributed by atoms with Crippen molar-refractivity contribution >= 4 is 17.7 Å². The van der Waals surface area contributed by atoms with Crippen LogP contribution in [0.15, 0.2) is 0 Å². The molecule has 2 aliphatic heterocycles. The van der Waals surface area contributed by atoms with Crippen LogP contribution in [0.25, 0.3) is 0 Å². The van der Waals surface area contributed by atoms with E-state index >= 15 is 0 Å². The molecule has 2 rings (SSSR count). The maximum atomic E-state index is 12.1. The number of nitrogens with one attached hydrogen (secondary N) is 1. The first kappa shape index (κ1) is 35.0. The Morgan fingerprint density at radius 3 is 2.23 bits per heavy atom. The van der Waals surface area contributed by atoms with E-state index in [-0.39, 0.29) is 5.75 Å². The van der Waals surface area contributed by atoms with Gasteiger partial charge in [-0.2, -0.15) is 5.26 Å². The van der Waals surface area contributed by atoms with Crippen LogP contribution in [0.3, 0.4) is 0 Å². The van der Waals surface area contributed by atoms with E-state index in [0.29, 0.717) is 0 Å². The van der Waals surface area contributed by atoms with Gasteiger partial charge in [0, 0.05) is 6.92 Å². The Labute approximate surface area is 235 Å². The molecule has 2 heterocycles. The molecule has 17 heteroatoms. The number of aliphatic hydroxyl groups is 8. The van der Waals surface area contributed by atoms with Crippen LogP contribution in [-0.2, 0) is 28.5 Å². The first-order chi connectivity index (χ1) is 18.9. The van der Waals surface area contributed by atoms with Gasteiger partial charge in [0.05, 0.1) is 43.8 Å². The van der Waals surface area contributed by atoms with Crippen LogP contribution in [0.4, 0.5) is 0 Å². The van der Waals surface area contributed by atoms with E-state index in [1.165, 1.54) is 20.8 Å². The van der Waals surface area contributed by atoms with Gasteiger partial charge in [0.25, 0.3) is 0 Å². The van der Waals surface area contributed by atoms with Crippen molar-refractivity contribution in [1.29, 1.82) is 5.26 Å². The van der Waals surface area contributed by atoms with E-state index in [1.54, 1.807) is 0 Å². The van der Waals surface area contributed by atoms with Crippen LogP contribution in [-0.4, -0.2) is 157 Å². The van der Waals surface area contributed by atoms with Gasteiger partial charge in [-0.3, -0.25) is 4.79 Å². The Morgan fingerprint density at radius 2 is 1.68 bits per heavy atom. The molecular weight excluding hydrogens is 560 g/mol. The minimum absolute atomic E-state index is 0.0701. The molecule has 16 nitrogen and oxygen atoms in total. The van der Waals surface area contributed by atoms with Crippen LogP contribution in [0.1, 0.15) is 20.8 Å². The average Bonchev–Trinajstić information content (AvgIpc) is 2.92. The minimum atomic E-state index is -1.80. The number of nitrogens with zero attached hydrogens (tertiary/aromatic N) is 1. The van der Waals surface area contributed by atoms with Gasteiger partial charge >= 0.3 is 0 Å². The van der Waals surface area contributed by atoms with Crippen molar-refractivity contribution in [1.82, 2.24) is 5.32 Å². The molecule has 1 amide bonds. The normalized spacial score (nSPS) is 37.6. The maximum absolute atomic E-state index is 12.1. The fourth-order valence-corrected chi connectivity index (χ4v) is 5.31. The smallest absolute Gasteiger partial charge is 0.217 e. The third-order valence-electron chi connectivity index (χ3n) is 6.47. The minimum Gasteiger partial charge on any atom is -0.394 e. The number of carbonyl (C=O) groups excluding carboxylic acids is 1. The Bertz CT molecular complexity index is 821. The van der Waals surface area contributed by atoms with Crippen LogP contribution in [0, 0.1) is 11.3 Å². The van der Waals surface area contributed by atoms with Crippen molar-refractivity contribution < 1.29 is 69.3 Å². The first-order valence-corrected chi connectivity index (χ1v) is 13.7. The quantitative estimate of drug-likeness (QED) is 0.0851. The summed E-state index contributed by atoms with van der Waals surface area (Å²) in [7, 11) is 0. The molecule has 8 unspecified atom stereocenters. The number of carbonyl (C=O) groups is 1. The Hall–Kier alpha value is -1.21. The highest BCUT2D eigenvalue weighted by Gasteiger charge is 2.52. The van der Waals surface area contributed by atoms with Gasteiger partial charge < -0.3 is 69.9 Å². The number of aliphatic hydroxyl groups excluding tert-OH is 8. The summed E-state index contributed by atoms with van der Waals surface area (Å²) in [6.45, 7) is 1.98. The highest BCUT2D eigenvalue weighted by molar-refractivity contribution is 8.00. The zero-order valence-corrected chi connectivity index (χ0v) is 23.1. The lowest BCUT2D eigenvalue weighted by Crippen LogP contribution is -2.68. The van der Waals surface area contributed by atoms with Gasteiger partial charge in [0.1, 0.15) is 60.4 Å². The number of rotatable bonds is 14. The SMILES string of the molecule is CC(=O)NC1C(O[C@@H]2O[C@@H](CO)C(O)C(O)C2O)C(O[C@@H](C)OC(C)C(O)[C@H](O)CO)[C@H](CO)O[C@H]1SCC#N. The van der Waals surface area contributed by atoms with Crippen LogP contribution in [0.5, 0.6) is 0 Å². The summed E-state index contributed by atoms with van der Waals surface area (Å²) in [6.07, 6.45) is -17.1. The molecule has 0 aromatic rings. The number of hydrogen-bond donors (Lipinski definition) is 9. The molecule has 2 saturated heterocycles. The highest BCUT2D eigenvalue weighted by Crippen LogP contribution is 2.35. The lowest BCUT2D eigenvalue weighted by atomic mass is 9.96. The van der Waals surface area contributed by atoms with Gasteiger partial charge in [-0.05, 0) is 13.8 Å². The molecule has 0 saturated carbocycles. The molecule has 0 bridgehead atoms. The number of nitriles is 1. The van der Waals surface area contributed by atoms with E-state index in [1.807, 2.05) is 6.07 Å². The molecule has 40 heavy (non-hydrogen) atoms. The number of amides is 1. The second kappa shape index (κ2) is 16.4. The predicted molar refractivity (Wildman–Crippen MR) is 134 cm³/mol. The van der Waals surface area contributed by atoms with Crippen molar-refractivity contribution in [3.8, 4) is 6.07 Å². The summed E-state index contributed by atoms with van der Waals surface area (Å²) in [5.41, 5.74) is -0.966. The second-order valence-corrected chi connectivity index (χ2v) is 10.6. The molecule has 2 fully saturated rings. The summed E-state index contributed by atoms with van der Waals surface area (Å²) < 4.78 is 29.0. The number of ether oxygens (including phenoxy) is 5. The average molecular weight is 601 g/mol. The molecule has 0 aromatic carbocycles. The third-order valence-corrected chi connectivity index (χ3v) is 7.49. The Morgan fingerprint density at radius 1 is 1.02 bits per heavy atom. The van der Waals surface area contributed by atoms with Crippen molar-refractivity contribution in [3.63, 3.8) is 0 Å². The van der Waals surface area contributed by atoms with Gasteiger partial charge in [-0.1, -0.05) is 0 Å². The number of hydrogen-bond acceptors (Lipinski definition) is 16. The molecule has 14 atom stereocenters. The largest absolute Gasteiger partial charge is 0.394 e. The molecule has 2 aliphatic rings. The van der Waals surface area contributed by atoms with Crippen LogP contribution >= 0.6 is 11.8 Å². The predicted octanol–water partition coefficient (Wildman–Crippen LogP) is -4.50. The summed E-state index contributed by atoms with van der Waals surface area (Å²) in [6, 6.07) is 0.858. The Kier molecular flexibility index (Phi) is 14.4. The molecule has 0 aromatic heterocycles. The van der Waals surface area contributed by atoms with Gasteiger partial charge in [0.2, 0.25) is 5.91 Å². The fraction of sp³-hybridized carbons (Fsp3) is 0.913. The molecule has 0 spiro atoms. The van der Waals surface area contributed by atoms with Gasteiger partial charge in [-0.15, -0.1) is 11.8 Å². The lowest BCUT2D eigenvalue weighted by molar-refractivity contribution is -0.341. The molecule has 0 radical (unpaired) electrons. The first-order valence-electron chi connectivity index (χ1n) is 12.7. The van der Waals surface area contributed by atoms with Crippen LogP contribution < -0.4 is 5.32 Å². The van der Waals surface area contributed by atoms with E-state index in [0.717, 1.165) is 11.8 Å². The van der Waals surface area contributed by atoms with E-state index < -0.39 is 111 Å². The van der Waals surface area contributed by atoms with Crippen LogP contribution in [0.2, 0.25) is 0 Å². The van der Waals surface area contributed by atoms with Gasteiger partial charge in [0.15, 0.2) is 12.6 Å². The molecule has 0 aliphatic carbocycles. The fourth-order valence-electron chi connectivity index (χ4n) is 4.42. The lowest BCUT2D eigenvalue weighted by Gasteiger charge is -2.49. The standard InChI is InChI=1S/C23H40N2O14S/c1-9(16(31)12(30)6-26)35-11(3)36-20-14(8-28)38-23(40-5-4-24)15(25-10(2)29)21(20)39-22-19(34)18(33)17(32)13(7-27)37-22/h9,11-23,26-28,30-34H,5-8H2,1-3H3,(H,25,29)/t9?,11-,12+,13-,14-,15?,16?,17?,18?,19?,20?,21?,22-,23-/m0/s1. The van der Waals surface area contributed by atoms with Crippen molar-refractivity contribution in [2.45, 2.75) is 106 Å². The van der Waals surface area contributed by atoms with E-state index in [9.17, 15) is 40.5 Å². The highest BCUT2D eigenvalue weighted by atomic mass is 32.2. The Balaban J connectivity index is 2.41. The molecular formula is C23H40N2O14S. The second-order valence-electron chi connectivity index (χ2n) is 9.47. The van der Waals surface area contributed by atoms with E-state index in [2.05, 4.69) is 5.32 Å². The monoisotopic (exact) mass is 600 g/mol. The number of thioether (sulfide) groups is 1. The third kappa shape index (κ3) is 8.89. The van der Waals surface area contributed by atoms with Crippen molar-refractivity contribution in [2.24, 2.45) is 0 Å². The topological polar surface area (TPSA) is 261 Å². The van der Waals surface area contributed by atoms with Crippen molar-refractivity contribution in [2.75, 3.05) is 25.6 Å². The summed E-state index contributed by atoms with van der Waals surface area (Å²) in [4.78, 5) is 12.1. The molecule has 232 valence electrons. The van der Waals surface area contributed by atoms with Gasteiger partial charge in [-0.25, -0.2) is 0 Å². The molecule has 9 N–H and O–H groups in total.